The van der Waals surface area contributed by atoms with Crippen molar-refractivity contribution in [3.8, 4) is 0 Å². The van der Waals surface area contributed by atoms with Gasteiger partial charge in [-0.05, 0) is 54.7 Å². The maximum atomic E-state index is 12.4. The first-order valence-corrected chi connectivity index (χ1v) is 10.9. The van der Waals surface area contributed by atoms with Crippen LogP contribution >= 0.6 is 12.2 Å². The Hall–Kier alpha value is -4.25. The van der Waals surface area contributed by atoms with Crippen LogP contribution < -0.4 is 15.5 Å². The van der Waals surface area contributed by atoms with Crippen molar-refractivity contribution in [2.45, 2.75) is 0 Å². The Kier molecular flexibility index (Phi) is 6.83. The molecule has 0 radical (unpaired) electrons. The van der Waals surface area contributed by atoms with Gasteiger partial charge in [-0.15, -0.1) is 0 Å². The summed E-state index contributed by atoms with van der Waals surface area (Å²) in [6.45, 7) is 2.56. The highest BCUT2D eigenvalue weighted by molar-refractivity contribution is 7.80. The van der Waals surface area contributed by atoms with Crippen LogP contribution in [-0.2, 0) is 0 Å². The highest BCUT2D eigenvalue weighted by atomic mass is 32.1. The summed E-state index contributed by atoms with van der Waals surface area (Å²) in [5.74, 6) is -0.304. The number of furan rings is 1. The number of piperazine rings is 1. The van der Waals surface area contributed by atoms with E-state index in [1.807, 2.05) is 24.3 Å². The standard InChI is InChI=1S/C23H21N5O5S/c29-21(16-3-1-4-19(15-16)28(31)32)25-23(34)24-17-6-8-18(9-7-17)26-10-12-27(13-11-26)22(30)20-5-2-14-33-20/h1-9,14-15H,10-13H2,(H2,24,25,29,34). The fraction of sp³-hybridized carbons (Fsp3) is 0.174. The van der Waals surface area contributed by atoms with Crippen molar-refractivity contribution in [1.82, 2.24) is 10.2 Å². The number of benzene rings is 2. The van der Waals surface area contributed by atoms with Crippen LogP contribution in [0.2, 0.25) is 0 Å². The van der Waals surface area contributed by atoms with Gasteiger partial charge in [0.2, 0.25) is 0 Å². The van der Waals surface area contributed by atoms with Gasteiger partial charge in [0, 0.05) is 55.2 Å². The predicted octanol–water partition coefficient (Wildman–Crippen LogP) is 3.28. The van der Waals surface area contributed by atoms with E-state index in [1.165, 1.54) is 30.5 Å². The molecule has 1 aromatic heterocycles. The van der Waals surface area contributed by atoms with Crippen LogP contribution in [0.15, 0.2) is 71.3 Å². The molecule has 2 aromatic carbocycles. The number of rotatable bonds is 5. The number of non-ortho nitro benzene ring substituents is 1. The fourth-order valence-corrected chi connectivity index (χ4v) is 3.79. The van der Waals surface area contributed by atoms with Gasteiger partial charge in [0.15, 0.2) is 10.9 Å². The van der Waals surface area contributed by atoms with Crippen molar-refractivity contribution in [1.29, 1.82) is 0 Å². The van der Waals surface area contributed by atoms with Crippen LogP contribution in [-0.4, -0.2) is 52.9 Å². The van der Waals surface area contributed by atoms with Gasteiger partial charge in [0.05, 0.1) is 11.2 Å². The normalized spacial score (nSPS) is 13.3. The topological polar surface area (TPSA) is 121 Å². The van der Waals surface area contributed by atoms with Crippen molar-refractivity contribution < 1.29 is 18.9 Å². The zero-order valence-corrected chi connectivity index (χ0v) is 18.8. The summed E-state index contributed by atoms with van der Waals surface area (Å²) in [5, 5.41) is 16.4. The molecular weight excluding hydrogens is 458 g/mol. The molecule has 34 heavy (non-hydrogen) atoms. The Labute approximate surface area is 200 Å². The van der Waals surface area contributed by atoms with Gasteiger partial charge < -0.3 is 19.5 Å². The highest BCUT2D eigenvalue weighted by Crippen LogP contribution is 2.20. The largest absolute Gasteiger partial charge is 0.459 e. The molecule has 1 aliphatic rings. The number of nitrogens with zero attached hydrogens (tertiary/aromatic N) is 3. The third-order valence-electron chi connectivity index (χ3n) is 5.34. The molecule has 1 aliphatic heterocycles. The van der Waals surface area contributed by atoms with Gasteiger partial charge in [-0.3, -0.25) is 25.0 Å². The van der Waals surface area contributed by atoms with Gasteiger partial charge in [-0.1, -0.05) is 6.07 Å². The summed E-state index contributed by atoms with van der Waals surface area (Å²) in [4.78, 5) is 39.0. The number of nitrogens with one attached hydrogen (secondary N) is 2. The third-order valence-corrected chi connectivity index (χ3v) is 5.54. The lowest BCUT2D eigenvalue weighted by Crippen LogP contribution is -2.48. The van der Waals surface area contributed by atoms with Crippen molar-refractivity contribution in [3.63, 3.8) is 0 Å². The van der Waals surface area contributed by atoms with E-state index < -0.39 is 10.8 Å². The minimum Gasteiger partial charge on any atom is -0.459 e. The Morgan fingerprint density at radius 1 is 1.00 bits per heavy atom. The van der Waals surface area contributed by atoms with Crippen molar-refractivity contribution >= 4 is 46.2 Å². The fourth-order valence-electron chi connectivity index (χ4n) is 3.58. The summed E-state index contributed by atoms with van der Waals surface area (Å²) in [5.41, 5.74) is 1.65. The van der Waals surface area contributed by atoms with Crippen molar-refractivity contribution in [2.24, 2.45) is 0 Å². The molecule has 3 aromatic rings. The van der Waals surface area contributed by atoms with Crippen LogP contribution in [0.1, 0.15) is 20.9 Å². The number of nitro groups is 1. The number of hydrogen-bond acceptors (Lipinski definition) is 7. The van der Waals surface area contributed by atoms with Gasteiger partial charge in [0.25, 0.3) is 17.5 Å². The lowest BCUT2D eigenvalue weighted by Gasteiger charge is -2.35. The Morgan fingerprint density at radius 2 is 1.74 bits per heavy atom. The summed E-state index contributed by atoms with van der Waals surface area (Å²) >= 11 is 5.19. The minimum atomic E-state index is -0.564. The molecule has 0 saturated carbocycles. The van der Waals surface area contributed by atoms with Crippen LogP contribution in [0.3, 0.4) is 0 Å². The predicted molar refractivity (Wildman–Crippen MR) is 130 cm³/mol. The molecule has 174 valence electrons. The Balaban J connectivity index is 1.29. The average Bonchev–Trinajstić information content (AvgIpc) is 3.39. The maximum Gasteiger partial charge on any atom is 0.289 e. The highest BCUT2D eigenvalue weighted by Gasteiger charge is 2.23. The quantitative estimate of drug-likeness (QED) is 0.325. The Morgan fingerprint density at radius 3 is 2.38 bits per heavy atom. The second kappa shape index (κ2) is 10.1. The molecule has 11 heteroatoms. The second-order valence-corrected chi connectivity index (χ2v) is 7.93. The molecule has 0 aliphatic carbocycles. The van der Waals surface area contributed by atoms with E-state index in [4.69, 9.17) is 16.6 Å². The van der Waals surface area contributed by atoms with E-state index in [-0.39, 0.29) is 22.3 Å². The average molecular weight is 480 g/mol. The van der Waals surface area contributed by atoms with Gasteiger partial charge >= 0.3 is 0 Å². The molecule has 10 nitrogen and oxygen atoms in total. The molecule has 0 bridgehead atoms. The minimum absolute atomic E-state index is 0.0781. The monoisotopic (exact) mass is 479 g/mol. The SMILES string of the molecule is O=C(NC(=S)Nc1ccc(N2CCN(C(=O)c3ccco3)CC2)cc1)c1cccc([N+](=O)[O-])c1. The number of carbonyl (C=O) groups excluding carboxylic acids is 2. The maximum absolute atomic E-state index is 12.4. The van der Waals surface area contributed by atoms with Crippen LogP contribution in [0.25, 0.3) is 0 Å². The van der Waals surface area contributed by atoms with E-state index in [1.54, 1.807) is 17.0 Å². The van der Waals surface area contributed by atoms with Gasteiger partial charge in [0.1, 0.15) is 0 Å². The number of thiocarbonyl (C=S) groups is 1. The van der Waals surface area contributed by atoms with Gasteiger partial charge in [-0.2, -0.15) is 0 Å². The van der Waals surface area contributed by atoms with E-state index in [9.17, 15) is 19.7 Å². The van der Waals surface area contributed by atoms with Crippen LogP contribution in [0.5, 0.6) is 0 Å². The summed E-state index contributed by atoms with van der Waals surface area (Å²) < 4.78 is 5.19. The molecule has 2 N–H and O–H groups in total. The summed E-state index contributed by atoms with van der Waals surface area (Å²) in [6, 6.07) is 16.3. The zero-order valence-electron chi connectivity index (χ0n) is 18.0. The van der Waals surface area contributed by atoms with Gasteiger partial charge in [-0.25, -0.2) is 0 Å². The van der Waals surface area contributed by atoms with E-state index in [0.29, 0.717) is 37.6 Å². The second-order valence-electron chi connectivity index (χ2n) is 7.52. The molecule has 2 heterocycles. The third kappa shape index (κ3) is 5.38. The molecule has 1 fully saturated rings. The molecule has 0 unspecified atom stereocenters. The molecule has 1 saturated heterocycles. The first-order chi connectivity index (χ1) is 16.4. The van der Waals surface area contributed by atoms with E-state index in [0.717, 1.165) is 5.69 Å². The first kappa shape index (κ1) is 22.9. The number of amides is 2. The molecule has 0 atom stereocenters. The molecule has 0 spiro atoms. The number of hydrogen-bond donors (Lipinski definition) is 2. The summed E-state index contributed by atoms with van der Waals surface area (Å²) in [6.07, 6.45) is 1.49. The molecule has 4 rings (SSSR count). The lowest BCUT2D eigenvalue weighted by molar-refractivity contribution is -0.384. The van der Waals surface area contributed by atoms with Crippen molar-refractivity contribution in [3.05, 3.63) is 88.4 Å². The molecular formula is C23H21N5O5S. The van der Waals surface area contributed by atoms with E-state index >= 15 is 0 Å². The smallest absolute Gasteiger partial charge is 0.289 e. The van der Waals surface area contributed by atoms with E-state index in [2.05, 4.69) is 15.5 Å². The molecule has 2 amide bonds. The Bertz CT molecular complexity index is 1200. The first-order valence-electron chi connectivity index (χ1n) is 10.5. The van der Waals surface area contributed by atoms with Crippen molar-refractivity contribution in [2.75, 3.05) is 36.4 Å². The summed E-state index contributed by atoms with van der Waals surface area (Å²) in [7, 11) is 0. The number of nitro benzene ring substituents is 1. The van der Waals surface area contributed by atoms with Crippen LogP contribution in [0, 0.1) is 10.1 Å². The number of carbonyl (C=O) groups is 2. The van der Waals surface area contributed by atoms with Crippen LogP contribution in [0.4, 0.5) is 17.1 Å². The zero-order chi connectivity index (χ0) is 24.1. The number of anilines is 2. The lowest BCUT2D eigenvalue weighted by atomic mass is 10.2.